The fraction of sp³-hybridized carbons (Fsp3) is 0.333. The van der Waals surface area contributed by atoms with E-state index in [4.69, 9.17) is 9.15 Å². The van der Waals surface area contributed by atoms with Gasteiger partial charge in [-0.2, -0.15) is 0 Å². The zero-order valence-corrected chi connectivity index (χ0v) is 16.0. The Morgan fingerprint density at radius 3 is 2.96 bits per heavy atom. The molecule has 4 heteroatoms. The molecule has 3 aromatic rings. The number of hydrogen-bond donors (Lipinski definition) is 0. The molecule has 0 radical (unpaired) electrons. The minimum atomic E-state index is 0.556. The van der Waals surface area contributed by atoms with Crippen LogP contribution >= 0.6 is 15.9 Å². The highest BCUT2D eigenvalue weighted by molar-refractivity contribution is 9.10. The lowest BCUT2D eigenvalue weighted by atomic mass is 9.90. The van der Waals surface area contributed by atoms with Crippen molar-refractivity contribution < 1.29 is 9.15 Å². The van der Waals surface area contributed by atoms with Crippen LogP contribution in [0.15, 0.2) is 57.6 Å². The van der Waals surface area contributed by atoms with Gasteiger partial charge in [0.25, 0.3) is 0 Å². The third-order valence-corrected chi connectivity index (χ3v) is 5.74. The average molecular weight is 400 g/mol. The quantitative estimate of drug-likeness (QED) is 0.572. The zero-order valence-electron chi connectivity index (χ0n) is 14.4. The maximum absolute atomic E-state index is 5.86. The van der Waals surface area contributed by atoms with Crippen LogP contribution in [-0.2, 0) is 6.54 Å². The second-order valence-corrected chi connectivity index (χ2v) is 7.42. The first-order chi connectivity index (χ1) is 12.2. The Kier molecular flexibility index (Phi) is 4.82. The molecule has 1 saturated heterocycles. The first-order valence-electron chi connectivity index (χ1n) is 8.77. The summed E-state index contributed by atoms with van der Waals surface area (Å²) in [7, 11) is 1.73. The number of piperidine rings is 1. The van der Waals surface area contributed by atoms with Crippen molar-refractivity contribution in [2.24, 2.45) is 0 Å². The predicted octanol–water partition coefficient (Wildman–Crippen LogP) is 5.58. The highest BCUT2D eigenvalue weighted by Crippen LogP contribution is 2.34. The molecule has 1 unspecified atom stereocenters. The van der Waals surface area contributed by atoms with Crippen LogP contribution in [0.25, 0.3) is 11.0 Å². The van der Waals surface area contributed by atoms with Gasteiger partial charge >= 0.3 is 0 Å². The largest absolute Gasteiger partial charge is 0.497 e. The molecule has 0 N–H and O–H groups in total. The first kappa shape index (κ1) is 16.7. The van der Waals surface area contributed by atoms with Gasteiger partial charge in [0.05, 0.1) is 7.11 Å². The molecular formula is C21H22BrNO2. The standard InChI is InChI=1S/C21H22BrNO2/c1-24-17-8-4-6-15(12-17)16-7-5-11-23(13-16)14-19-18-9-2-3-10-20(18)25-21(19)22/h2-4,6,8-10,12,16H,5,7,11,13-14H2,1H3. The minimum absolute atomic E-state index is 0.556. The Labute approximate surface area is 156 Å². The van der Waals surface area contributed by atoms with Crippen LogP contribution in [0.1, 0.15) is 29.9 Å². The molecule has 1 fully saturated rings. The average Bonchev–Trinajstić information content (AvgIpc) is 2.97. The number of para-hydroxylation sites is 1. The number of rotatable bonds is 4. The van der Waals surface area contributed by atoms with Crippen molar-refractivity contribution in [3.8, 4) is 5.75 Å². The molecule has 4 rings (SSSR count). The Morgan fingerprint density at radius 1 is 1.20 bits per heavy atom. The van der Waals surface area contributed by atoms with E-state index in [-0.39, 0.29) is 0 Å². The normalized spacial score (nSPS) is 18.6. The number of nitrogens with zero attached hydrogens (tertiary/aromatic N) is 1. The number of furan rings is 1. The van der Waals surface area contributed by atoms with E-state index in [2.05, 4.69) is 51.2 Å². The summed E-state index contributed by atoms with van der Waals surface area (Å²) in [6.07, 6.45) is 2.45. The van der Waals surface area contributed by atoms with Gasteiger partial charge < -0.3 is 9.15 Å². The van der Waals surface area contributed by atoms with Crippen molar-refractivity contribution >= 4 is 26.9 Å². The number of likely N-dealkylation sites (tertiary alicyclic amines) is 1. The van der Waals surface area contributed by atoms with Crippen molar-refractivity contribution in [1.29, 1.82) is 0 Å². The summed E-state index contributed by atoms with van der Waals surface area (Å²) >= 11 is 3.61. The third kappa shape index (κ3) is 3.46. The van der Waals surface area contributed by atoms with Crippen molar-refractivity contribution in [3.63, 3.8) is 0 Å². The van der Waals surface area contributed by atoms with Gasteiger partial charge in [-0.25, -0.2) is 0 Å². The lowest BCUT2D eigenvalue weighted by Gasteiger charge is -2.33. The molecule has 25 heavy (non-hydrogen) atoms. The van der Waals surface area contributed by atoms with Gasteiger partial charge in [-0.15, -0.1) is 0 Å². The molecule has 130 valence electrons. The second kappa shape index (κ2) is 7.22. The summed E-state index contributed by atoms with van der Waals surface area (Å²) in [6.45, 7) is 3.11. The van der Waals surface area contributed by atoms with Crippen molar-refractivity contribution in [1.82, 2.24) is 4.90 Å². The Bertz CT molecular complexity index is 873. The van der Waals surface area contributed by atoms with E-state index in [1.165, 1.54) is 29.4 Å². The summed E-state index contributed by atoms with van der Waals surface area (Å²) in [5, 5.41) is 1.21. The number of ether oxygens (including phenoxy) is 1. The Hall–Kier alpha value is -1.78. The van der Waals surface area contributed by atoms with Gasteiger partial charge in [0, 0.05) is 24.0 Å². The van der Waals surface area contributed by atoms with E-state index in [0.717, 1.165) is 35.6 Å². The minimum Gasteiger partial charge on any atom is -0.497 e. The van der Waals surface area contributed by atoms with E-state index in [0.29, 0.717) is 5.92 Å². The molecule has 1 aromatic heterocycles. The molecule has 0 aliphatic carbocycles. The molecule has 1 aliphatic rings. The van der Waals surface area contributed by atoms with Gasteiger partial charge in [-0.05, 0) is 65.0 Å². The van der Waals surface area contributed by atoms with E-state index in [1.807, 2.05) is 18.2 Å². The molecule has 2 aromatic carbocycles. The number of fused-ring (bicyclic) bond motifs is 1. The third-order valence-electron chi connectivity index (χ3n) is 5.10. The lowest BCUT2D eigenvalue weighted by Crippen LogP contribution is -2.33. The fourth-order valence-corrected chi connectivity index (χ4v) is 4.32. The SMILES string of the molecule is COc1cccc(C2CCCN(Cc3c(Br)oc4ccccc34)C2)c1. The van der Waals surface area contributed by atoms with Gasteiger partial charge in [0.1, 0.15) is 11.3 Å². The number of methoxy groups -OCH3 is 1. The summed E-state index contributed by atoms with van der Waals surface area (Å²) in [4.78, 5) is 2.54. The van der Waals surface area contributed by atoms with E-state index in [9.17, 15) is 0 Å². The molecule has 0 bridgehead atoms. The molecule has 0 saturated carbocycles. The van der Waals surface area contributed by atoms with Crippen LogP contribution < -0.4 is 4.74 Å². The van der Waals surface area contributed by atoms with Crippen molar-refractivity contribution in [3.05, 3.63) is 64.3 Å². The number of halogens is 1. The van der Waals surface area contributed by atoms with Crippen LogP contribution in [0.3, 0.4) is 0 Å². The van der Waals surface area contributed by atoms with Gasteiger partial charge in [0.2, 0.25) is 0 Å². The number of benzene rings is 2. The fourth-order valence-electron chi connectivity index (χ4n) is 3.81. The van der Waals surface area contributed by atoms with E-state index < -0.39 is 0 Å². The summed E-state index contributed by atoms with van der Waals surface area (Å²) in [6, 6.07) is 16.8. The monoisotopic (exact) mass is 399 g/mol. The highest BCUT2D eigenvalue weighted by Gasteiger charge is 2.23. The van der Waals surface area contributed by atoms with Crippen molar-refractivity contribution in [2.75, 3.05) is 20.2 Å². The maximum Gasteiger partial charge on any atom is 0.174 e. The van der Waals surface area contributed by atoms with E-state index in [1.54, 1.807) is 7.11 Å². The summed E-state index contributed by atoms with van der Waals surface area (Å²) in [5.74, 6) is 1.50. The van der Waals surface area contributed by atoms with Crippen molar-refractivity contribution in [2.45, 2.75) is 25.3 Å². The van der Waals surface area contributed by atoms with Crippen LogP contribution in [0.5, 0.6) is 5.75 Å². The number of hydrogen-bond acceptors (Lipinski definition) is 3. The molecular weight excluding hydrogens is 378 g/mol. The molecule has 0 amide bonds. The molecule has 1 aliphatic heterocycles. The lowest BCUT2D eigenvalue weighted by molar-refractivity contribution is 0.199. The van der Waals surface area contributed by atoms with Crippen LogP contribution in [0.4, 0.5) is 0 Å². The van der Waals surface area contributed by atoms with Gasteiger partial charge in [-0.3, -0.25) is 4.90 Å². The highest BCUT2D eigenvalue weighted by atomic mass is 79.9. The molecule has 2 heterocycles. The van der Waals surface area contributed by atoms with E-state index >= 15 is 0 Å². The Morgan fingerprint density at radius 2 is 2.08 bits per heavy atom. The van der Waals surface area contributed by atoms with Crippen LogP contribution in [0, 0.1) is 0 Å². The smallest absolute Gasteiger partial charge is 0.174 e. The van der Waals surface area contributed by atoms with Crippen LogP contribution in [-0.4, -0.2) is 25.1 Å². The summed E-state index contributed by atoms with van der Waals surface area (Å²) in [5.41, 5.74) is 3.58. The molecule has 0 spiro atoms. The second-order valence-electron chi connectivity index (χ2n) is 6.70. The van der Waals surface area contributed by atoms with Crippen LogP contribution in [0.2, 0.25) is 0 Å². The topological polar surface area (TPSA) is 25.6 Å². The predicted molar refractivity (Wildman–Crippen MR) is 104 cm³/mol. The molecule has 3 nitrogen and oxygen atoms in total. The Balaban J connectivity index is 1.54. The zero-order chi connectivity index (χ0) is 17.2. The molecule has 1 atom stereocenters. The maximum atomic E-state index is 5.86. The van der Waals surface area contributed by atoms with Gasteiger partial charge in [0.15, 0.2) is 4.67 Å². The van der Waals surface area contributed by atoms with Gasteiger partial charge in [-0.1, -0.05) is 30.3 Å². The summed E-state index contributed by atoms with van der Waals surface area (Å²) < 4.78 is 12.1. The first-order valence-corrected chi connectivity index (χ1v) is 9.56.